The zero-order valence-electron chi connectivity index (χ0n) is 20.5. The topological polar surface area (TPSA) is 101 Å². The third-order valence-corrected chi connectivity index (χ3v) is 5.77. The molecule has 35 heavy (non-hydrogen) atoms. The van der Waals surface area contributed by atoms with Crippen molar-refractivity contribution in [3.05, 3.63) is 54.1 Å². The number of carbonyl (C=O) groups excluding carboxylic acids is 2. The number of rotatable bonds is 11. The molecule has 1 saturated heterocycles. The van der Waals surface area contributed by atoms with Crippen molar-refractivity contribution in [1.82, 2.24) is 0 Å². The summed E-state index contributed by atoms with van der Waals surface area (Å²) in [6.07, 6.45) is 0.868. The van der Waals surface area contributed by atoms with Crippen molar-refractivity contribution in [2.45, 2.75) is 64.6 Å². The number of benzene rings is 2. The van der Waals surface area contributed by atoms with E-state index < -0.39 is 24.3 Å². The average molecular weight is 487 g/mol. The molecule has 1 aliphatic heterocycles. The maximum atomic E-state index is 12.4. The monoisotopic (exact) mass is 486 g/mol. The van der Waals surface area contributed by atoms with Gasteiger partial charge in [-0.15, -0.1) is 0 Å². The van der Waals surface area contributed by atoms with Crippen LogP contribution in [0.2, 0.25) is 0 Å². The van der Waals surface area contributed by atoms with Crippen LogP contribution in [0.1, 0.15) is 51.9 Å². The summed E-state index contributed by atoms with van der Waals surface area (Å²) in [5.74, 6) is -0.789. The number of aliphatic hydroxyl groups is 1. The molecule has 1 N–H and O–H groups in total. The number of hydrogen-bond donors (Lipinski definition) is 1. The molecule has 0 aliphatic carbocycles. The Bertz CT molecular complexity index is 1030. The first kappa shape index (κ1) is 26.8. The summed E-state index contributed by atoms with van der Waals surface area (Å²) in [7, 11) is 0. The van der Waals surface area contributed by atoms with E-state index in [1.807, 2.05) is 31.2 Å². The second-order valence-electron chi connectivity index (χ2n) is 8.58. The highest BCUT2D eigenvalue weighted by Gasteiger charge is 2.29. The summed E-state index contributed by atoms with van der Waals surface area (Å²) < 4.78 is 27.9. The lowest BCUT2D eigenvalue weighted by molar-refractivity contribution is -0.243. The fraction of sp³-hybridized carbons (Fsp3) is 0.481. The first-order valence-electron chi connectivity index (χ1n) is 12.0. The van der Waals surface area contributed by atoms with Crippen molar-refractivity contribution >= 4 is 22.7 Å². The Labute approximate surface area is 205 Å². The van der Waals surface area contributed by atoms with E-state index in [1.54, 1.807) is 19.1 Å². The molecule has 2 aromatic carbocycles. The lowest BCUT2D eigenvalue weighted by Crippen LogP contribution is -2.31. The molecule has 1 heterocycles. The van der Waals surface area contributed by atoms with Gasteiger partial charge >= 0.3 is 11.9 Å². The summed E-state index contributed by atoms with van der Waals surface area (Å²) in [6, 6.07) is 11.2. The van der Waals surface area contributed by atoms with Crippen molar-refractivity contribution in [2.75, 3.05) is 19.8 Å². The summed E-state index contributed by atoms with van der Waals surface area (Å²) >= 11 is 0. The number of fused-ring (bicyclic) bond motifs is 1. The normalized spacial score (nSPS) is 20.9. The van der Waals surface area contributed by atoms with Crippen LogP contribution in [0.5, 0.6) is 5.75 Å². The van der Waals surface area contributed by atoms with Crippen molar-refractivity contribution in [2.24, 2.45) is 0 Å². The molecule has 2 aromatic rings. The second-order valence-corrected chi connectivity index (χ2v) is 8.58. The van der Waals surface area contributed by atoms with Gasteiger partial charge in [-0.05, 0) is 37.6 Å². The van der Waals surface area contributed by atoms with Crippen LogP contribution in [0.25, 0.3) is 10.8 Å². The predicted octanol–water partition coefficient (Wildman–Crippen LogP) is 4.23. The van der Waals surface area contributed by atoms with Crippen LogP contribution >= 0.6 is 0 Å². The van der Waals surface area contributed by atoms with Gasteiger partial charge < -0.3 is 28.8 Å². The van der Waals surface area contributed by atoms with Crippen molar-refractivity contribution < 1.29 is 38.4 Å². The largest absolute Gasteiger partial charge is 0.459 e. The minimum absolute atomic E-state index is 0.0800. The highest BCUT2D eigenvalue weighted by Crippen LogP contribution is 2.37. The van der Waals surface area contributed by atoms with Gasteiger partial charge in [0.15, 0.2) is 6.29 Å². The molecular weight excluding hydrogens is 452 g/mol. The summed E-state index contributed by atoms with van der Waals surface area (Å²) in [6.45, 7) is 8.69. The maximum Gasteiger partial charge on any atom is 0.337 e. The fourth-order valence-corrected chi connectivity index (χ4v) is 3.81. The van der Waals surface area contributed by atoms with Crippen LogP contribution in [0.3, 0.4) is 0 Å². The van der Waals surface area contributed by atoms with E-state index in [2.05, 4.69) is 13.5 Å². The number of esters is 2. The second kappa shape index (κ2) is 12.8. The quantitative estimate of drug-likeness (QED) is 0.286. The molecule has 0 saturated carbocycles. The first-order valence-corrected chi connectivity index (χ1v) is 12.0. The van der Waals surface area contributed by atoms with E-state index in [-0.39, 0.29) is 32.0 Å². The van der Waals surface area contributed by atoms with Crippen LogP contribution in [0.4, 0.5) is 0 Å². The SMILES string of the molecule is C=C(CC)C(=O)OCC(O)COCC(=O)Oc1cccc2c(C3OC(C)CC(CC)O3)cccc12. The van der Waals surface area contributed by atoms with Crippen molar-refractivity contribution in [3.8, 4) is 5.75 Å². The zero-order valence-corrected chi connectivity index (χ0v) is 20.5. The molecular formula is C27H34O8. The summed E-state index contributed by atoms with van der Waals surface area (Å²) in [4.78, 5) is 23.9. The molecule has 0 bridgehead atoms. The van der Waals surface area contributed by atoms with Crippen molar-refractivity contribution in [3.63, 3.8) is 0 Å². The van der Waals surface area contributed by atoms with Gasteiger partial charge in [0.05, 0.1) is 18.8 Å². The standard InChI is InChI=1S/C27H34O8/c1-5-17(3)26(30)32-15-19(28)14-31-16-25(29)35-24-12-8-9-21-22(24)10-7-11-23(21)27-33-18(4)13-20(6-2)34-27/h7-12,18-20,27-28H,3,5-6,13-16H2,1-2,4H3. The lowest BCUT2D eigenvalue weighted by atomic mass is 10.0. The van der Waals surface area contributed by atoms with E-state index in [0.29, 0.717) is 17.7 Å². The van der Waals surface area contributed by atoms with Gasteiger partial charge in [-0.25, -0.2) is 9.59 Å². The number of carbonyl (C=O) groups is 2. The van der Waals surface area contributed by atoms with E-state index in [4.69, 9.17) is 23.7 Å². The Hall–Kier alpha value is -2.78. The zero-order chi connectivity index (χ0) is 25.4. The Morgan fingerprint density at radius 2 is 1.86 bits per heavy atom. The minimum atomic E-state index is -1.07. The van der Waals surface area contributed by atoms with Crippen LogP contribution in [0.15, 0.2) is 48.6 Å². The van der Waals surface area contributed by atoms with Crippen LogP contribution in [-0.2, 0) is 28.5 Å². The van der Waals surface area contributed by atoms with Gasteiger partial charge in [0.25, 0.3) is 0 Å². The molecule has 1 aliphatic rings. The molecule has 1 fully saturated rings. The van der Waals surface area contributed by atoms with Crippen molar-refractivity contribution in [1.29, 1.82) is 0 Å². The maximum absolute atomic E-state index is 12.4. The number of hydrogen-bond acceptors (Lipinski definition) is 8. The van der Waals surface area contributed by atoms with E-state index in [1.165, 1.54) is 0 Å². The first-order chi connectivity index (χ1) is 16.8. The third kappa shape index (κ3) is 7.35. The molecule has 0 amide bonds. The average Bonchev–Trinajstić information content (AvgIpc) is 2.86. The van der Waals surface area contributed by atoms with Gasteiger partial charge in [-0.2, -0.15) is 0 Å². The Kier molecular flexibility index (Phi) is 9.80. The molecule has 0 spiro atoms. The molecule has 4 atom stereocenters. The molecule has 190 valence electrons. The van der Waals surface area contributed by atoms with Crippen LogP contribution < -0.4 is 4.74 Å². The Morgan fingerprint density at radius 1 is 1.11 bits per heavy atom. The highest BCUT2D eigenvalue weighted by atomic mass is 16.7. The summed E-state index contributed by atoms with van der Waals surface area (Å²) in [5, 5.41) is 11.5. The smallest absolute Gasteiger partial charge is 0.337 e. The minimum Gasteiger partial charge on any atom is -0.459 e. The molecule has 0 aromatic heterocycles. The fourth-order valence-electron chi connectivity index (χ4n) is 3.81. The Morgan fingerprint density at radius 3 is 2.60 bits per heavy atom. The van der Waals surface area contributed by atoms with Crippen LogP contribution in [-0.4, -0.2) is 55.2 Å². The number of ether oxygens (including phenoxy) is 5. The lowest BCUT2D eigenvalue weighted by Gasteiger charge is -2.34. The third-order valence-electron chi connectivity index (χ3n) is 5.77. The van der Waals surface area contributed by atoms with Gasteiger partial charge in [-0.3, -0.25) is 0 Å². The highest BCUT2D eigenvalue weighted by molar-refractivity contribution is 5.93. The van der Waals surface area contributed by atoms with Crippen LogP contribution in [0, 0.1) is 0 Å². The molecule has 8 nitrogen and oxygen atoms in total. The molecule has 0 radical (unpaired) electrons. The van der Waals surface area contributed by atoms with E-state index in [0.717, 1.165) is 29.2 Å². The predicted molar refractivity (Wildman–Crippen MR) is 130 cm³/mol. The van der Waals surface area contributed by atoms with Gasteiger partial charge in [0.1, 0.15) is 25.1 Å². The molecule has 3 rings (SSSR count). The molecule has 4 unspecified atom stereocenters. The van der Waals surface area contributed by atoms with E-state index >= 15 is 0 Å². The molecule has 8 heteroatoms. The van der Waals surface area contributed by atoms with Gasteiger partial charge in [0.2, 0.25) is 0 Å². The number of aliphatic hydroxyl groups excluding tert-OH is 1. The van der Waals surface area contributed by atoms with Gasteiger partial charge in [-0.1, -0.05) is 50.8 Å². The van der Waals surface area contributed by atoms with Gasteiger partial charge in [0, 0.05) is 16.5 Å². The summed E-state index contributed by atoms with van der Waals surface area (Å²) in [5.41, 5.74) is 1.20. The Balaban J connectivity index is 1.58. The van der Waals surface area contributed by atoms with E-state index in [9.17, 15) is 14.7 Å².